The van der Waals surface area contributed by atoms with Gasteiger partial charge in [0.15, 0.2) is 0 Å². The van der Waals surface area contributed by atoms with Crippen LogP contribution in [-0.4, -0.2) is 38.4 Å². The van der Waals surface area contributed by atoms with Crippen LogP contribution in [0.25, 0.3) is 0 Å². The van der Waals surface area contributed by atoms with E-state index in [2.05, 4.69) is 5.32 Å². The average Bonchev–Trinajstić information content (AvgIpc) is 2.74. The van der Waals surface area contributed by atoms with Crippen LogP contribution in [0.4, 0.5) is 0 Å². The second-order valence-corrected chi connectivity index (χ2v) is 3.76. The molecule has 84 valence electrons. The van der Waals surface area contributed by atoms with Crippen LogP contribution in [0.2, 0.25) is 0 Å². The molecule has 1 fully saturated rings. The Morgan fingerprint density at radius 2 is 2.53 bits per heavy atom. The number of hydrogen-bond acceptors (Lipinski definition) is 4. The molecule has 15 heavy (non-hydrogen) atoms. The molecule has 2 unspecified atom stereocenters. The maximum Gasteiger partial charge on any atom is 0.237 e. The third-order valence-corrected chi connectivity index (χ3v) is 2.67. The van der Waals surface area contributed by atoms with Crippen LogP contribution in [0.5, 0.6) is 0 Å². The minimum atomic E-state index is -0.624. The highest BCUT2D eigenvalue weighted by molar-refractivity contribution is 5.80. The molecule has 0 aliphatic carbocycles. The molecule has 0 aromatic heterocycles. The summed E-state index contributed by atoms with van der Waals surface area (Å²) >= 11 is 0. The van der Waals surface area contributed by atoms with E-state index in [9.17, 15) is 4.79 Å². The van der Waals surface area contributed by atoms with Crippen LogP contribution >= 0.6 is 0 Å². The van der Waals surface area contributed by atoms with E-state index < -0.39 is 11.5 Å². The molecular formula is C10H16N2O3. The summed E-state index contributed by atoms with van der Waals surface area (Å²) in [6.07, 6.45) is 0.769. The van der Waals surface area contributed by atoms with Gasteiger partial charge in [-0.15, -0.1) is 0 Å². The van der Waals surface area contributed by atoms with E-state index in [1.165, 1.54) is 0 Å². The molecule has 0 aromatic carbocycles. The van der Waals surface area contributed by atoms with Gasteiger partial charge in [-0.25, -0.2) is 0 Å². The number of carbonyl (C=O) groups excluding carboxylic acids is 1. The van der Waals surface area contributed by atoms with Crippen molar-refractivity contribution in [3.05, 3.63) is 0 Å². The van der Waals surface area contributed by atoms with Crippen LogP contribution in [0.1, 0.15) is 13.3 Å². The largest absolute Gasteiger partial charge is 0.378 e. The summed E-state index contributed by atoms with van der Waals surface area (Å²) in [5, 5.41) is 11.3. The summed E-state index contributed by atoms with van der Waals surface area (Å²) in [4.78, 5) is 11.4. The highest BCUT2D eigenvalue weighted by Crippen LogP contribution is 2.21. The zero-order valence-corrected chi connectivity index (χ0v) is 9.08. The molecule has 1 amide bonds. The molecule has 0 spiro atoms. The molecule has 0 aromatic rings. The van der Waals surface area contributed by atoms with Gasteiger partial charge in [-0.05, 0) is 6.92 Å². The van der Waals surface area contributed by atoms with Crippen molar-refractivity contribution in [1.29, 1.82) is 5.26 Å². The van der Waals surface area contributed by atoms with Crippen molar-refractivity contribution in [1.82, 2.24) is 5.32 Å². The van der Waals surface area contributed by atoms with Crippen molar-refractivity contribution < 1.29 is 14.3 Å². The number of methoxy groups -OCH3 is 1. The molecule has 5 heteroatoms. The molecule has 1 N–H and O–H groups in total. The van der Waals surface area contributed by atoms with Gasteiger partial charge in [0.1, 0.15) is 11.5 Å². The highest BCUT2D eigenvalue weighted by atomic mass is 16.5. The van der Waals surface area contributed by atoms with Gasteiger partial charge in [0.2, 0.25) is 5.91 Å². The van der Waals surface area contributed by atoms with Crippen LogP contribution < -0.4 is 5.32 Å². The van der Waals surface area contributed by atoms with Gasteiger partial charge in [0.25, 0.3) is 0 Å². The van der Waals surface area contributed by atoms with Crippen LogP contribution in [0.3, 0.4) is 0 Å². The van der Waals surface area contributed by atoms with Crippen LogP contribution in [0.15, 0.2) is 0 Å². The quantitative estimate of drug-likeness (QED) is 0.715. The maximum absolute atomic E-state index is 11.4. The lowest BCUT2D eigenvalue weighted by molar-refractivity contribution is -0.124. The molecule has 1 saturated heterocycles. The van der Waals surface area contributed by atoms with Crippen molar-refractivity contribution in [3.8, 4) is 6.07 Å². The fourth-order valence-electron chi connectivity index (χ4n) is 1.42. The number of carbonyl (C=O) groups is 1. The summed E-state index contributed by atoms with van der Waals surface area (Å²) in [5.74, 6) is -0.887. The van der Waals surface area contributed by atoms with Crippen molar-refractivity contribution >= 4 is 5.91 Å². The number of nitriles is 1. The van der Waals surface area contributed by atoms with Gasteiger partial charge in [-0.2, -0.15) is 5.26 Å². The Morgan fingerprint density at radius 1 is 1.80 bits per heavy atom. The number of hydrogen-bond donors (Lipinski definition) is 1. The number of rotatable bonds is 4. The molecule has 1 heterocycles. The van der Waals surface area contributed by atoms with E-state index in [1.807, 2.05) is 6.07 Å². The Kier molecular flexibility index (Phi) is 4.06. The fraction of sp³-hybridized carbons (Fsp3) is 0.800. The smallest absolute Gasteiger partial charge is 0.237 e. The van der Waals surface area contributed by atoms with Gasteiger partial charge in [-0.3, -0.25) is 4.79 Å². The van der Waals surface area contributed by atoms with Crippen LogP contribution in [0, 0.1) is 17.2 Å². The van der Waals surface area contributed by atoms with E-state index in [0.717, 1.165) is 6.42 Å². The zero-order valence-electron chi connectivity index (χ0n) is 9.08. The molecule has 0 saturated carbocycles. The summed E-state index contributed by atoms with van der Waals surface area (Å²) in [6, 6.07) is 1.89. The Morgan fingerprint density at radius 3 is 3.00 bits per heavy atom. The van der Waals surface area contributed by atoms with E-state index in [1.54, 1.807) is 14.0 Å². The summed E-state index contributed by atoms with van der Waals surface area (Å²) in [6.45, 7) is 3.11. The Balaban J connectivity index is 2.41. The Labute approximate surface area is 89.3 Å². The van der Waals surface area contributed by atoms with Gasteiger partial charge in [0, 0.05) is 26.7 Å². The van der Waals surface area contributed by atoms with E-state index >= 15 is 0 Å². The lowest BCUT2D eigenvalue weighted by atomic mass is 10.0. The maximum atomic E-state index is 11.4. The van der Waals surface area contributed by atoms with Gasteiger partial charge >= 0.3 is 0 Å². The fourth-order valence-corrected chi connectivity index (χ4v) is 1.42. The number of ether oxygens (including phenoxy) is 2. The van der Waals surface area contributed by atoms with Crippen molar-refractivity contribution in [2.24, 2.45) is 5.92 Å². The molecule has 1 aliphatic heterocycles. The molecule has 0 radical (unpaired) electrons. The van der Waals surface area contributed by atoms with E-state index in [0.29, 0.717) is 19.8 Å². The standard InChI is InChI=1S/C10H16N2O3/c1-8(5-11)9(13)12-6-10(14-2)3-4-15-7-10/h8H,3-4,6-7H2,1-2H3,(H,12,13). The predicted octanol–water partition coefficient (Wildman–Crippen LogP) is 0.0678. The van der Waals surface area contributed by atoms with Gasteiger partial charge < -0.3 is 14.8 Å². The van der Waals surface area contributed by atoms with Crippen LogP contribution in [-0.2, 0) is 14.3 Å². The molecule has 2 atom stereocenters. The lowest BCUT2D eigenvalue weighted by Gasteiger charge is -2.26. The molecular weight excluding hydrogens is 196 g/mol. The highest BCUT2D eigenvalue weighted by Gasteiger charge is 2.35. The third-order valence-electron chi connectivity index (χ3n) is 2.67. The van der Waals surface area contributed by atoms with Crippen molar-refractivity contribution in [2.45, 2.75) is 18.9 Å². The first-order valence-corrected chi connectivity index (χ1v) is 4.94. The normalized spacial score (nSPS) is 27.0. The topological polar surface area (TPSA) is 71.3 Å². The van der Waals surface area contributed by atoms with Gasteiger partial charge in [-0.1, -0.05) is 0 Å². The first-order valence-electron chi connectivity index (χ1n) is 4.94. The number of nitrogens with zero attached hydrogens (tertiary/aromatic N) is 1. The molecule has 1 aliphatic rings. The number of nitrogens with one attached hydrogen (secondary N) is 1. The zero-order chi connectivity index (χ0) is 11.3. The average molecular weight is 212 g/mol. The summed E-state index contributed by atoms with van der Waals surface area (Å²) in [5.41, 5.74) is -0.412. The number of amides is 1. The summed E-state index contributed by atoms with van der Waals surface area (Å²) in [7, 11) is 1.61. The summed E-state index contributed by atoms with van der Waals surface area (Å²) < 4.78 is 10.6. The predicted molar refractivity (Wildman–Crippen MR) is 53.0 cm³/mol. The van der Waals surface area contributed by atoms with Crippen molar-refractivity contribution in [3.63, 3.8) is 0 Å². The second-order valence-electron chi connectivity index (χ2n) is 3.76. The third kappa shape index (κ3) is 2.91. The molecule has 5 nitrogen and oxygen atoms in total. The molecule has 1 rings (SSSR count). The second kappa shape index (κ2) is 5.10. The SMILES string of the molecule is COC1(CNC(=O)C(C)C#N)CCOC1. The van der Waals surface area contributed by atoms with E-state index in [-0.39, 0.29) is 5.91 Å². The first kappa shape index (κ1) is 12.0. The van der Waals surface area contributed by atoms with Crippen molar-refractivity contribution in [2.75, 3.05) is 26.9 Å². The van der Waals surface area contributed by atoms with E-state index in [4.69, 9.17) is 14.7 Å². The lowest BCUT2D eigenvalue weighted by Crippen LogP contribution is -2.46. The Hall–Kier alpha value is -1.12. The van der Waals surface area contributed by atoms with Gasteiger partial charge in [0.05, 0.1) is 12.7 Å². The minimum absolute atomic E-state index is 0.263. The minimum Gasteiger partial charge on any atom is -0.378 e. The first-order chi connectivity index (χ1) is 7.13. The molecule has 0 bridgehead atoms. The Bertz CT molecular complexity index is 266. The monoisotopic (exact) mass is 212 g/mol.